The molecular formula is C18H20N2O3. The molecule has 2 atom stereocenters. The van der Waals surface area contributed by atoms with E-state index in [1.54, 1.807) is 31.2 Å². The van der Waals surface area contributed by atoms with E-state index in [-0.39, 0.29) is 6.04 Å². The van der Waals surface area contributed by atoms with Gasteiger partial charge in [-0.05, 0) is 31.0 Å². The van der Waals surface area contributed by atoms with Crippen LogP contribution in [0.15, 0.2) is 60.7 Å². The van der Waals surface area contributed by atoms with E-state index >= 15 is 0 Å². The molecule has 0 radical (unpaired) electrons. The zero-order chi connectivity index (χ0) is 16.7. The first kappa shape index (κ1) is 16.7. The third-order valence-electron chi connectivity index (χ3n) is 3.38. The van der Waals surface area contributed by atoms with E-state index in [1.807, 2.05) is 36.4 Å². The van der Waals surface area contributed by atoms with Gasteiger partial charge in [-0.2, -0.15) is 0 Å². The van der Waals surface area contributed by atoms with E-state index in [9.17, 15) is 14.7 Å². The van der Waals surface area contributed by atoms with Crippen LogP contribution >= 0.6 is 0 Å². The van der Waals surface area contributed by atoms with Crippen molar-refractivity contribution in [2.75, 3.05) is 5.32 Å². The number of rotatable bonds is 5. The molecule has 2 aromatic rings. The summed E-state index contributed by atoms with van der Waals surface area (Å²) in [6.45, 7) is 1.75. The normalized spacial score (nSPS) is 13.0. The lowest BCUT2D eigenvalue weighted by atomic mass is 10.0. The average molecular weight is 312 g/mol. The molecule has 2 aromatic carbocycles. The van der Waals surface area contributed by atoms with Gasteiger partial charge in [0.05, 0.1) is 6.10 Å². The zero-order valence-electron chi connectivity index (χ0n) is 12.9. The van der Waals surface area contributed by atoms with Crippen molar-refractivity contribution in [3.63, 3.8) is 0 Å². The van der Waals surface area contributed by atoms with Gasteiger partial charge in [0, 0.05) is 11.7 Å². The van der Waals surface area contributed by atoms with Crippen molar-refractivity contribution in [3.8, 4) is 0 Å². The van der Waals surface area contributed by atoms with Crippen molar-refractivity contribution in [1.82, 2.24) is 5.32 Å². The molecule has 0 aromatic heterocycles. The maximum Gasteiger partial charge on any atom is 0.313 e. The first-order chi connectivity index (χ1) is 11.1. The van der Waals surface area contributed by atoms with Crippen molar-refractivity contribution < 1.29 is 14.7 Å². The molecule has 2 unspecified atom stereocenters. The number of amides is 2. The molecule has 5 nitrogen and oxygen atoms in total. The van der Waals surface area contributed by atoms with E-state index in [2.05, 4.69) is 10.6 Å². The highest BCUT2D eigenvalue weighted by atomic mass is 16.3. The Balaban J connectivity index is 1.83. The summed E-state index contributed by atoms with van der Waals surface area (Å²) in [6, 6.07) is 17.6. The standard InChI is InChI=1S/C18H20N2O3/c1-13(12-16(21)14-8-4-2-5-9-14)19-17(22)18(23)20-15-10-6-3-7-11-15/h2-11,13,16,21H,12H2,1H3,(H,19,22)(H,20,23). The second-order valence-corrected chi connectivity index (χ2v) is 5.36. The third kappa shape index (κ3) is 5.23. The van der Waals surface area contributed by atoms with E-state index in [0.29, 0.717) is 12.1 Å². The predicted molar refractivity (Wildman–Crippen MR) is 88.7 cm³/mol. The summed E-state index contributed by atoms with van der Waals surface area (Å²) in [6.07, 6.45) is -0.363. The van der Waals surface area contributed by atoms with Crippen LogP contribution in [0.1, 0.15) is 25.0 Å². The van der Waals surface area contributed by atoms with Crippen LogP contribution in [0.2, 0.25) is 0 Å². The van der Waals surface area contributed by atoms with E-state index in [1.165, 1.54) is 0 Å². The number of nitrogens with one attached hydrogen (secondary N) is 2. The molecule has 0 bridgehead atoms. The van der Waals surface area contributed by atoms with Crippen molar-refractivity contribution in [3.05, 3.63) is 66.2 Å². The number of carbonyl (C=O) groups excluding carboxylic acids is 2. The van der Waals surface area contributed by atoms with Crippen LogP contribution < -0.4 is 10.6 Å². The summed E-state index contributed by atoms with van der Waals surface area (Å²) in [5, 5.41) is 15.2. The molecule has 2 amide bonds. The number of benzene rings is 2. The lowest BCUT2D eigenvalue weighted by molar-refractivity contribution is -0.136. The number of aliphatic hydroxyl groups excluding tert-OH is 1. The van der Waals surface area contributed by atoms with Crippen LogP contribution in [0.25, 0.3) is 0 Å². The minimum Gasteiger partial charge on any atom is -0.388 e. The van der Waals surface area contributed by atoms with Gasteiger partial charge in [-0.15, -0.1) is 0 Å². The van der Waals surface area contributed by atoms with E-state index in [4.69, 9.17) is 0 Å². The molecule has 0 saturated carbocycles. The van der Waals surface area contributed by atoms with Gasteiger partial charge in [-0.1, -0.05) is 48.5 Å². The summed E-state index contributed by atoms with van der Waals surface area (Å²) < 4.78 is 0. The summed E-state index contributed by atoms with van der Waals surface area (Å²) in [4.78, 5) is 23.7. The fourth-order valence-electron chi connectivity index (χ4n) is 2.20. The van der Waals surface area contributed by atoms with Crippen LogP contribution in [0.3, 0.4) is 0 Å². The molecular weight excluding hydrogens is 292 g/mol. The minimum absolute atomic E-state index is 0.328. The maximum atomic E-state index is 11.9. The second-order valence-electron chi connectivity index (χ2n) is 5.36. The third-order valence-corrected chi connectivity index (χ3v) is 3.38. The van der Waals surface area contributed by atoms with E-state index < -0.39 is 17.9 Å². The van der Waals surface area contributed by atoms with Crippen molar-refractivity contribution in [2.45, 2.75) is 25.5 Å². The molecule has 0 saturated heterocycles. The summed E-state index contributed by atoms with van der Waals surface area (Å²) in [5.41, 5.74) is 1.34. The first-order valence-corrected chi connectivity index (χ1v) is 7.46. The van der Waals surface area contributed by atoms with Gasteiger partial charge in [0.2, 0.25) is 0 Å². The van der Waals surface area contributed by atoms with Gasteiger partial charge in [0.25, 0.3) is 0 Å². The van der Waals surface area contributed by atoms with E-state index in [0.717, 1.165) is 5.56 Å². The molecule has 0 aliphatic rings. The van der Waals surface area contributed by atoms with Gasteiger partial charge in [-0.25, -0.2) is 0 Å². The van der Waals surface area contributed by atoms with Gasteiger partial charge in [-0.3, -0.25) is 9.59 Å². The monoisotopic (exact) mass is 312 g/mol. The number of anilines is 1. The molecule has 0 fully saturated rings. The number of hydrogen-bond donors (Lipinski definition) is 3. The van der Waals surface area contributed by atoms with Crippen molar-refractivity contribution in [1.29, 1.82) is 0 Å². The molecule has 23 heavy (non-hydrogen) atoms. The molecule has 2 rings (SSSR count). The Hall–Kier alpha value is -2.66. The Labute approximate surface area is 135 Å². The fourth-order valence-corrected chi connectivity index (χ4v) is 2.20. The van der Waals surface area contributed by atoms with Crippen molar-refractivity contribution in [2.24, 2.45) is 0 Å². The highest BCUT2D eigenvalue weighted by Crippen LogP contribution is 2.17. The summed E-state index contributed by atoms with van der Waals surface area (Å²) in [7, 11) is 0. The first-order valence-electron chi connectivity index (χ1n) is 7.46. The largest absolute Gasteiger partial charge is 0.388 e. The van der Waals surface area contributed by atoms with Crippen LogP contribution in [0.4, 0.5) is 5.69 Å². The highest BCUT2D eigenvalue weighted by molar-refractivity contribution is 6.39. The number of para-hydroxylation sites is 1. The SMILES string of the molecule is CC(CC(O)c1ccccc1)NC(=O)C(=O)Nc1ccccc1. The van der Waals surface area contributed by atoms with Crippen LogP contribution in [-0.2, 0) is 9.59 Å². The highest BCUT2D eigenvalue weighted by Gasteiger charge is 2.18. The quantitative estimate of drug-likeness (QED) is 0.741. The van der Waals surface area contributed by atoms with Crippen LogP contribution in [0.5, 0.6) is 0 Å². The summed E-state index contributed by atoms with van der Waals surface area (Å²) >= 11 is 0. The molecule has 5 heteroatoms. The second kappa shape index (κ2) is 8.10. The number of hydrogen-bond acceptors (Lipinski definition) is 3. The Morgan fingerprint density at radius 3 is 2.13 bits per heavy atom. The van der Waals surface area contributed by atoms with Crippen LogP contribution in [-0.4, -0.2) is 23.0 Å². The Kier molecular flexibility index (Phi) is 5.88. The Morgan fingerprint density at radius 1 is 0.957 bits per heavy atom. The summed E-state index contributed by atoms with van der Waals surface area (Å²) in [5.74, 6) is -1.45. The lowest BCUT2D eigenvalue weighted by Crippen LogP contribution is -2.41. The van der Waals surface area contributed by atoms with Gasteiger partial charge in [0.1, 0.15) is 0 Å². The zero-order valence-corrected chi connectivity index (χ0v) is 12.9. The number of carbonyl (C=O) groups is 2. The molecule has 3 N–H and O–H groups in total. The minimum atomic E-state index is -0.725. The fraction of sp³-hybridized carbons (Fsp3) is 0.222. The molecule has 120 valence electrons. The smallest absolute Gasteiger partial charge is 0.313 e. The lowest BCUT2D eigenvalue weighted by Gasteiger charge is -2.18. The molecule has 0 spiro atoms. The van der Waals surface area contributed by atoms with Gasteiger partial charge < -0.3 is 15.7 Å². The Morgan fingerprint density at radius 2 is 1.52 bits per heavy atom. The molecule has 0 aliphatic heterocycles. The Bertz CT molecular complexity index is 644. The predicted octanol–water partition coefficient (Wildman–Crippen LogP) is 2.25. The average Bonchev–Trinajstić information content (AvgIpc) is 2.56. The maximum absolute atomic E-state index is 11.9. The molecule has 0 heterocycles. The van der Waals surface area contributed by atoms with Gasteiger partial charge in [0.15, 0.2) is 0 Å². The number of aliphatic hydroxyl groups is 1. The van der Waals surface area contributed by atoms with Crippen molar-refractivity contribution >= 4 is 17.5 Å². The van der Waals surface area contributed by atoms with Crippen LogP contribution in [0, 0.1) is 0 Å². The topological polar surface area (TPSA) is 78.4 Å². The van der Waals surface area contributed by atoms with Gasteiger partial charge >= 0.3 is 11.8 Å². The molecule has 0 aliphatic carbocycles.